The standard InChI is InChI=1S/C19H23N5O2S/c25-17-15-10-4-5-11-16(15)18(26)23(17)12-6-7-13-27-19-20-21-22-24(19)14-8-2-1-3-9-14/h4-5,10-11,14H,1-3,6-9,12-13H2. The van der Waals surface area contributed by atoms with Gasteiger partial charge in [-0.25, -0.2) is 4.68 Å². The molecule has 0 bridgehead atoms. The van der Waals surface area contributed by atoms with Crippen molar-refractivity contribution in [3.63, 3.8) is 0 Å². The maximum Gasteiger partial charge on any atom is 0.261 e. The second kappa shape index (κ2) is 8.21. The monoisotopic (exact) mass is 385 g/mol. The maximum atomic E-state index is 12.3. The van der Waals surface area contributed by atoms with Crippen LogP contribution in [0.5, 0.6) is 0 Å². The lowest BCUT2D eigenvalue weighted by molar-refractivity contribution is 0.0652. The highest BCUT2D eigenvalue weighted by Gasteiger charge is 2.34. The second-order valence-corrected chi connectivity index (χ2v) is 8.12. The Balaban J connectivity index is 1.24. The van der Waals surface area contributed by atoms with Crippen molar-refractivity contribution in [3.05, 3.63) is 35.4 Å². The molecule has 2 aliphatic rings. The topological polar surface area (TPSA) is 81.0 Å². The van der Waals surface area contributed by atoms with Crippen LogP contribution < -0.4 is 0 Å². The Bertz CT molecular complexity index is 796. The molecule has 1 aliphatic carbocycles. The molecule has 27 heavy (non-hydrogen) atoms. The van der Waals surface area contributed by atoms with Crippen LogP contribution >= 0.6 is 11.8 Å². The van der Waals surface area contributed by atoms with E-state index in [1.165, 1.54) is 24.2 Å². The van der Waals surface area contributed by atoms with Crippen LogP contribution in [0.1, 0.15) is 71.7 Å². The highest BCUT2D eigenvalue weighted by atomic mass is 32.2. The van der Waals surface area contributed by atoms with Crippen LogP contribution in [0.3, 0.4) is 0 Å². The molecule has 1 aliphatic heterocycles. The molecule has 0 radical (unpaired) electrons. The van der Waals surface area contributed by atoms with Crippen LogP contribution in [0.15, 0.2) is 29.4 Å². The summed E-state index contributed by atoms with van der Waals surface area (Å²) in [6, 6.07) is 7.45. The molecule has 2 amide bonds. The summed E-state index contributed by atoms with van der Waals surface area (Å²) in [6.07, 6.45) is 7.78. The van der Waals surface area contributed by atoms with Gasteiger partial charge in [0.1, 0.15) is 0 Å². The summed E-state index contributed by atoms with van der Waals surface area (Å²) in [7, 11) is 0. The summed E-state index contributed by atoms with van der Waals surface area (Å²) < 4.78 is 1.98. The number of rotatable bonds is 7. The lowest BCUT2D eigenvalue weighted by atomic mass is 9.96. The third-order valence-corrected chi connectivity index (χ3v) is 6.29. The van der Waals surface area contributed by atoms with Gasteiger partial charge in [0.25, 0.3) is 11.8 Å². The van der Waals surface area contributed by atoms with E-state index in [1.807, 2.05) is 4.68 Å². The molecule has 1 aromatic heterocycles. The largest absolute Gasteiger partial charge is 0.274 e. The second-order valence-electron chi connectivity index (χ2n) is 7.06. The summed E-state index contributed by atoms with van der Waals surface area (Å²) in [5.41, 5.74) is 1.03. The molecule has 0 atom stereocenters. The molecule has 2 aromatic rings. The lowest BCUT2D eigenvalue weighted by Crippen LogP contribution is -2.30. The molecule has 0 spiro atoms. The van der Waals surface area contributed by atoms with Crippen molar-refractivity contribution >= 4 is 23.6 Å². The van der Waals surface area contributed by atoms with Crippen molar-refractivity contribution < 1.29 is 9.59 Å². The predicted octanol–water partition coefficient (Wildman–Crippen LogP) is 3.35. The zero-order chi connectivity index (χ0) is 18.6. The van der Waals surface area contributed by atoms with Crippen molar-refractivity contribution in [3.8, 4) is 0 Å². The van der Waals surface area contributed by atoms with Gasteiger partial charge in [0.2, 0.25) is 5.16 Å². The van der Waals surface area contributed by atoms with E-state index in [0.29, 0.717) is 23.7 Å². The number of hydrogen-bond donors (Lipinski definition) is 0. The molecule has 1 fully saturated rings. The first kappa shape index (κ1) is 18.2. The number of carbonyl (C=O) groups is 2. The highest BCUT2D eigenvalue weighted by Crippen LogP contribution is 2.30. The van der Waals surface area contributed by atoms with Gasteiger partial charge in [-0.3, -0.25) is 14.5 Å². The SMILES string of the molecule is O=C1c2ccccc2C(=O)N1CCCCSc1nnnn1C1CCCCC1. The summed E-state index contributed by atoms with van der Waals surface area (Å²) >= 11 is 1.66. The normalized spacial score (nSPS) is 17.6. The first-order valence-corrected chi connectivity index (χ1v) is 10.6. The average molecular weight is 385 g/mol. The quantitative estimate of drug-likeness (QED) is 0.413. The third kappa shape index (κ3) is 3.76. The van der Waals surface area contributed by atoms with Crippen LogP contribution in [-0.4, -0.2) is 49.2 Å². The van der Waals surface area contributed by atoms with Crippen molar-refractivity contribution in [2.45, 2.75) is 56.1 Å². The summed E-state index contributed by atoms with van der Waals surface area (Å²) in [5.74, 6) is 0.519. The average Bonchev–Trinajstić information content (AvgIpc) is 3.27. The molecule has 1 saturated carbocycles. The van der Waals surface area contributed by atoms with Crippen molar-refractivity contribution in [1.82, 2.24) is 25.1 Å². The van der Waals surface area contributed by atoms with E-state index in [1.54, 1.807) is 36.0 Å². The molecule has 0 unspecified atom stereocenters. The van der Waals surface area contributed by atoms with Crippen LogP contribution in [-0.2, 0) is 0 Å². The number of fused-ring (bicyclic) bond motifs is 1. The molecular formula is C19H23N5O2S. The Morgan fingerprint density at radius 1 is 1.00 bits per heavy atom. The van der Waals surface area contributed by atoms with Crippen molar-refractivity contribution in [2.75, 3.05) is 12.3 Å². The van der Waals surface area contributed by atoms with Gasteiger partial charge in [-0.15, -0.1) is 5.10 Å². The van der Waals surface area contributed by atoms with Gasteiger partial charge in [-0.2, -0.15) is 0 Å². The molecule has 8 heteroatoms. The smallest absolute Gasteiger partial charge is 0.261 e. The number of benzene rings is 1. The van der Waals surface area contributed by atoms with E-state index in [-0.39, 0.29) is 11.8 Å². The number of tetrazole rings is 1. The van der Waals surface area contributed by atoms with Gasteiger partial charge in [-0.1, -0.05) is 43.2 Å². The van der Waals surface area contributed by atoms with Crippen molar-refractivity contribution in [2.24, 2.45) is 0 Å². The summed E-state index contributed by atoms with van der Waals surface area (Å²) in [4.78, 5) is 26.1. The van der Waals surface area contributed by atoms with E-state index in [9.17, 15) is 9.59 Å². The van der Waals surface area contributed by atoms with Gasteiger partial charge in [0.05, 0.1) is 17.2 Å². The first-order chi connectivity index (χ1) is 13.3. The number of nitrogens with zero attached hydrogens (tertiary/aromatic N) is 5. The molecule has 142 valence electrons. The van der Waals surface area contributed by atoms with Gasteiger partial charge in [0, 0.05) is 12.3 Å². The van der Waals surface area contributed by atoms with E-state index >= 15 is 0 Å². The van der Waals surface area contributed by atoms with Gasteiger partial charge >= 0.3 is 0 Å². The fourth-order valence-corrected chi connectivity index (χ4v) is 4.76. The number of thioether (sulfide) groups is 1. The van der Waals surface area contributed by atoms with Crippen LogP contribution in [0.2, 0.25) is 0 Å². The fraction of sp³-hybridized carbons (Fsp3) is 0.526. The molecule has 1 aromatic carbocycles. The number of carbonyl (C=O) groups excluding carboxylic acids is 2. The highest BCUT2D eigenvalue weighted by molar-refractivity contribution is 7.99. The summed E-state index contributed by atoms with van der Waals surface area (Å²) in [6.45, 7) is 0.459. The van der Waals surface area contributed by atoms with Gasteiger partial charge in [0.15, 0.2) is 0 Å². The number of hydrogen-bond acceptors (Lipinski definition) is 6. The Kier molecular flexibility index (Phi) is 5.52. The van der Waals surface area contributed by atoms with Crippen LogP contribution in [0, 0.1) is 0 Å². The van der Waals surface area contributed by atoms with Gasteiger partial charge in [-0.05, 0) is 48.2 Å². The number of imide groups is 1. The molecular weight excluding hydrogens is 362 g/mol. The maximum absolute atomic E-state index is 12.3. The van der Waals surface area contributed by atoms with Crippen molar-refractivity contribution in [1.29, 1.82) is 0 Å². The third-order valence-electron chi connectivity index (χ3n) is 5.27. The minimum Gasteiger partial charge on any atom is -0.274 e. The molecule has 0 N–H and O–H groups in total. The lowest BCUT2D eigenvalue weighted by Gasteiger charge is -2.22. The Hall–Kier alpha value is -2.22. The minimum absolute atomic E-state index is 0.176. The number of unbranched alkanes of at least 4 members (excludes halogenated alkanes) is 1. The van der Waals surface area contributed by atoms with E-state index in [2.05, 4.69) is 15.5 Å². The molecule has 0 saturated heterocycles. The van der Waals surface area contributed by atoms with E-state index in [0.717, 1.165) is 36.6 Å². The Morgan fingerprint density at radius 2 is 1.70 bits per heavy atom. The molecule has 4 rings (SSSR count). The summed E-state index contributed by atoms with van der Waals surface area (Å²) in [5, 5.41) is 13.1. The van der Waals surface area contributed by atoms with E-state index in [4.69, 9.17) is 0 Å². The number of amides is 2. The zero-order valence-corrected chi connectivity index (χ0v) is 16.0. The molecule has 7 nitrogen and oxygen atoms in total. The predicted molar refractivity (Wildman–Crippen MR) is 102 cm³/mol. The number of aromatic nitrogens is 4. The van der Waals surface area contributed by atoms with Crippen LogP contribution in [0.4, 0.5) is 0 Å². The van der Waals surface area contributed by atoms with E-state index < -0.39 is 0 Å². The minimum atomic E-state index is -0.176. The van der Waals surface area contributed by atoms with Gasteiger partial charge < -0.3 is 0 Å². The zero-order valence-electron chi connectivity index (χ0n) is 15.2. The fourth-order valence-electron chi connectivity index (χ4n) is 3.81. The van der Waals surface area contributed by atoms with Crippen LogP contribution in [0.25, 0.3) is 0 Å². The Labute approximate surface area is 162 Å². The Morgan fingerprint density at radius 3 is 2.41 bits per heavy atom. The first-order valence-electron chi connectivity index (χ1n) is 9.61. The molecule has 2 heterocycles.